The summed E-state index contributed by atoms with van der Waals surface area (Å²) in [6.45, 7) is 2.81. The highest BCUT2D eigenvalue weighted by Gasteiger charge is 2.52. The molecule has 4 heterocycles. The molecule has 9 nitrogen and oxygen atoms in total. The lowest BCUT2D eigenvalue weighted by Crippen LogP contribution is -2.53. The van der Waals surface area contributed by atoms with E-state index in [1.807, 2.05) is 12.1 Å². The van der Waals surface area contributed by atoms with E-state index in [4.69, 9.17) is 21.1 Å². The maximum absolute atomic E-state index is 12.8. The Kier molecular flexibility index (Phi) is 5.59. The van der Waals surface area contributed by atoms with E-state index in [1.165, 1.54) is 18.6 Å². The van der Waals surface area contributed by atoms with Crippen LogP contribution in [0.2, 0.25) is 5.02 Å². The van der Waals surface area contributed by atoms with Gasteiger partial charge >= 0.3 is 0 Å². The van der Waals surface area contributed by atoms with Gasteiger partial charge in [-0.15, -0.1) is 0 Å². The zero-order valence-corrected chi connectivity index (χ0v) is 19.8. The van der Waals surface area contributed by atoms with Gasteiger partial charge in [-0.1, -0.05) is 11.6 Å². The number of fused-ring (bicyclic) bond motifs is 2. The Bertz CT molecular complexity index is 1180. The van der Waals surface area contributed by atoms with E-state index in [0.29, 0.717) is 23.9 Å². The van der Waals surface area contributed by atoms with Crippen LogP contribution in [0.3, 0.4) is 0 Å². The number of benzene rings is 1. The molecule has 176 valence electrons. The van der Waals surface area contributed by atoms with Gasteiger partial charge in [-0.2, -0.15) is 0 Å². The predicted molar refractivity (Wildman–Crippen MR) is 122 cm³/mol. The third kappa shape index (κ3) is 3.78. The fourth-order valence-electron chi connectivity index (χ4n) is 4.76. The SMILES string of the molecule is CS(=O)(=O)C1(c2ncc(OCCN3CCC4(CC3)C(=O)Nc3ccc(Cl)cc34)cn2)COC1. The average Bonchev–Trinajstić information content (AvgIpc) is 3.00. The topological polar surface area (TPSA) is 111 Å². The van der Waals surface area contributed by atoms with Crippen molar-refractivity contribution in [3.05, 3.63) is 47.0 Å². The summed E-state index contributed by atoms with van der Waals surface area (Å²) in [5.41, 5.74) is 1.34. The number of hydrogen-bond acceptors (Lipinski definition) is 8. The molecule has 0 atom stereocenters. The van der Waals surface area contributed by atoms with Gasteiger partial charge in [0.25, 0.3) is 0 Å². The Hall–Kier alpha value is -2.27. The minimum atomic E-state index is -3.39. The van der Waals surface area contributed by atoms with Crippen LogP contribution in [0.5, 0.6) is 5.75 Å². The number of anilines is 1. The minimum absolute atomic E-state index is 0.0524. The molecule has 0 bridgehead atoms. The number of amides is 1. The van der Waals surface area contributed by atoms with Crippen LogP contribution in [0.4, 0.5) is 5.69 Å². The normalized spacial score (nSPS) is 21.3. The van der Waals surface area contributed by atoms with Gasteiger partial charge in [0.15, 0.2) is 26.2 Å². The number of hydrogen-bond donors (Lipinski definition) is 1. The molecule has 0 unspecified atom stereocenters. The molecule has 1 amide bonds. The molecule has 3 aliphatic rings. The Morgan fingerprint density at radius 2 is 1.91 bits per heavy atom. The van der Waals surface area contributed by atoms with E-state index in [9.17, 15) is 13.2 Å². The third-order valence-corrected chi connectivity index (χ3v) is 9.05. The van der Waals surface area contributed by atoms with E-state index >= 15 is 0 Å². The van der Waals surface area contributed by atoms with Crippen molar-refractivity contribution in [1.82, 2.24) is 14.9 Å². The summed E-state index contributed by atoms with van der Waals surface area (Å²) < 4.78 is 34.0. The summed E-state index contributed by atoms with van der Waals surface area (Å²) >= 11 is 6.19. The highest BCUT2D eigenvalue weighted by molar-refractivity contribution is 7.91. The van der Waals surface area contributed by atoms with Gasteiger partial charge in [-0.25, -0.2) is 18.4 Å². The summed E-state index contributed by atoms with van der Waals surface area (Å²) in [5.74, 6) is 0.770. The predicted octanol–water partition coefficient (Wildman–Crippen LogP) is 1.76. The zero-order chi connectivity index (χ0) is 23.3. The van der Waals surface area contributed by atoms with Crippen LogP contribution in [0, 0.1) is 0 Å². The lowest BCUT2D eigenvalue weighted by atomic mass is 9.73. The molecule has 3 aliphatic heterocycles. The smallest absolute Gasteiger partial charge is 0.235 e. The van der Waals surface area contributed by atoms with Crippen LogP contribution in [-0.4, -0.2) is 74.9 Å². The number of sulfone groups is 1. The number of ether oxygens (including phenoxy) is 2. The van der Waals surface area contributed by atoms with E-state index in [2.05, 4.69) is 20.2 Å². The van der Waals surface area contributed by atoms with Crippen molar-refractivity contribution in [2.75, 3.05) is 51.0 Å². The van der Waals surface area contributed by atoms with Gasteiger partial charge in [0.05, 0.1) is 31.0 Å². The molecular weight excluding hydrogens is 468 g/mol. The first-order chi connectivity index (χ1) is 15.7. The van der Waals surface area contributed by atoms with E-state index < -0.39 is 20.0 Å². The van der Waals surface area contributed by atoms with Gasteiger partial charge in [0, 0.05) is 23.5 Å². The molecule has 2 saturated heterocycles. The maximum atomic E-state index is 12.8. The summed E-state index contributed by atoms with van der Waals surface area (Å²) in [4.78, 5) is 23.5. The quantitative estimate of drug-likeness (QED) is 0.649. The largest absolute Gasteiger partial charge is 0.489 e. The summed E-state index contributed by atoms with van der Waals surface area (Å²) in [5, 5.41) is 3.64. The number of rotatable bonds is 6. The second kappa shape index (κ2) is 8.19. The Morgan fingerprint density at radius 3 is 2.52 bits per heavy atom. The van der Waals surface area contributed by atoms with Crippen LogP contribution in [0.15, 0.2) is 30.6 Å². The van der Waals surface area contributed by atoms with Crippen molar-refractivity contribution in [1.29, 1.82) is 0 Å². The first-order valence-electron chi connectivity index (χ1n) is 10.8. The molecule has 1 aromatic heterocycles. The lowest BCUT2D eigenvalue weighted by Gasteiger charge is -2.38. The van der Waals surface area contributed by atoms with Crippen LogP contribution in [0.25, 0.3) is 0 Å². The fraction of sp³-hybridized carbons (Fsp3) is 0.500. The standard InChI is InChI=1S/C22H25ClN4O5S/c1-33(29,30)22(13-31-14-22)19-24-11-16(12-25-19)32-9-8-27-6-4-21(5-7-27)17-10-15(23)2-3-18(17)26-20(21)28/h2-3,10-12H,4-9,13-14H2,1H3,(H,26,28). The van der Waals surface area contributed by atoms with Gasteiger partial charge < -0.3 is 14.8 Å². The van der Waals surface area contributed by atoms with Crippen molar-refractivity contribution < 1.29 is 22.7 Å². The Balaban J connectivity index is 1.15. The number of carbonyl (C=O) groups is 1. The molecule has 2 aromatic rings. The Morgan fingerprint density at radius 1 is 1.21 bits per heavy atom. The highest BCUT2D eigenvalue weighted by atomic mass is 35.5. The molecule has 2 fully saturated rings. The molecule has 11 heteroatoms. The maximum Gasteiger partial charge on any atom is 0.235 e. The zero-order valence-electron chi connectivity index (χ0n) is 18.2. The van der Waals surface area contributed by atoms with Crippen LogP contribution < -0.4 is 10.1 Å². The number of likely N-dealkylation sites (tertiary alicyclic amines) is 1. The summed E-state index contributed by atoms with van der Waals surface area (Å²) in [6, 6.07) is 5.57. The number of halogens is 1. The van der Waals surface area contributed by atoms with Crippen molar-refractivity contribution in [3.63, 3.8) is 0 Å². The lowest BCUT2D eigenvalue weighted by molar-refractivity contribution is -0.122. The molecule has 1 aromatic carbocycles. The van der Waals surface area contributed by atoms with Crippen LogP contribution in [-0.2, 0) is 29.5 Å². The minimum Gasteiger partial charge on any atom is -0.489 e. The highest BCUT2D eigenvalue weighted by Crippen LogP contribution is 2.45. The molecule has 0 saturated carbocycles. The number of nitrogens with one attached hydrogen (secondary N) is 1. The monoisotopic (exact) mass is 492 g/mol. The molecule has 33 heavy (non-hydrogen) atoms. The molecular formula is C22H25ClN4O5S. The second-order valence-corrected chi connectivity index (χ2v) is 11.7. The van der Waals surface area contributed by atoms with Gasteiger partial charge in [-0.05, 0) is 49.7 Å². The van der Waals surface area contributed by atoms with Crippen molar-refractivity contribution in [2.24, 2.45) is 0 Å². The molecule has 5 rings (SSSR count). The number of piperidine rings is 1. The number of aromatic nitrogens is 2. The van der Waals surface area contributed by atoms with E-state index in [-0.39, 0.29) is 24.9 Å². The van der Waals surface area contributed by atoms with E-state index in [0.717, 1.165) is 37.2 Å². The molecule has 1 N–H and O–H groups in total. The van der Waals surface area contributed by atoms with Gasteiger partial charge in [0.2, 0.25) is 5.91 Å². The van der Waals surface area contributed by atoms with Gasteiger partial charge in [0.1, 0.15) is 6.61 Å². The van der Waals surface area contributed by atoms with Crippen molar-refractivity contribution in [2.45, 2.75) is 23.0 Å². The number of carbonyl (C=O) groups excluding carboxylic acids is 1. The van der Waals surface area contributed by atoms with Crippen LogP contribution >= 0.6 is 11.6 Å². The summed E-state index contributed by atoms with van der Waals surface area (Å²) in [6.07, 6.45) is 5.62. The van der Waals surface area contributed by atoms with Crippen LogP contribution in [0.1, 0.15) is 24.2 Å². The Labute approximate surface area is 197 Å². The van der Waals surface area contributed by atoms with Crippen molar-refractivity contribution >= 4 is 33.0 Å². The first kappa shape index (κ1) is 22.5. The molecule has 1 spiro atoms. The number of nitrogens with zero attached hydrogens (tertiary/aromatic N) is 3. The molecule has 0 aliphatic carbocycles. The van der Waals surface area contributed by atoms with Gasteiger partial charge in [-0.3, -0.25) is 9.69 Å². The molecule has 0 radical (unpaired) electrons. The second-order valence-electron chi connectivity index (χ2n) is 8.92. The third-order valence-electron chi connectivity index (χ3n) is 6.98. The first-order valence-corrected chi connectivity index (χ1v) is 13.1. The van der Waals surface area contributed by atoms with E-state index in [1.54, 1.807) is 6.07 Å². The average molecular weight is 493 g/mol. The summed E-state index contributed by atoms with van der Waals surface area (Å²) in [7, 11) is -3.39. The fourth-order valence-corrected chi connectivity index (χ4v) is 5.96. The van der Waals surface area contributed by atoms with Crippen molar-refractivity contribution in [3.8, 4) is 5.75 Å².